The van der Waals surface area contributed by atoms with Crippen molar-refractivity contribution >= 4 is 6.09 Å². The van der Waals surface area contributed by atoms with E-state index in [0.717, 1.165) is 13.0 Å². The molecule has 0 aliphatic carbocycles. The lowest BCUT2D eigenvalue weighted by Gasteiger charge is -2.19. The number of alkyl carbamates (subject to hydrolysis) is 1. The molecule has 7 nitrogen and oxygen atoms in total. The predicted octanol–water partition coefficient (Wildman–Crippen LogP) is 3.94. The molecule has 0 aromatic heterocycles. The minimum atomic E-state index is -0.485. The Morgan fingerprint density at radius 3 is 1.68 bits per heavy atom. The van der Waals surface area contributed by atoms with Gasteiger partial charge in [-0.25, -0.2) is 4.79 Å². The Morgan fingerprint density at radius 1 is 0.679 bits per heavy atom. The molecule has 1 N–H and O–H groups in total. The number of unbranched alkanes of at least 4 members (excludes halogenated alkanes) is 5. The van der Waals surface area contributed by atoms with Crippen LogP contribution < -0.4 is 5.32 Å². The van der Waals surface area contributed by atoms with Crippen molar-refractivity contribution in [3.05, 3.63) is 0 Å². The SMILES string of the molecule is CCCCCCCCOCCOCCOCCOCCNC(=O)OC(C)(C)C. The summed E-state index contributed by atoms with van der Waals surface area (Å²) >= 11 is 0. The molecule has 0 bridgehead atoms. The largest absolute Gasteiger partial charge is 0.444 e. The molecule has 0 saturated carbocycles. The maximum absolute atomic E-state index is 11.4. The van der Waals surface area contributed by atoms with Crippen LogP contribution in [-0.2, 0) is 23.7 Å². The van der Waals surface area contributed by atoms with E-state index in [1.165, 1.54) is 32.1 Å². The van der Waals surface area contributed by atoms with E-state index in [1.54, 1.807) is 0 Å². The van der Waals surface area contributed by atoms with Gasteiger partial charge in [-0.2, -0.15) is 0 Å². The number of carbonyl (C=O) groups excluding carboxylic acids is 1. The zero-order valence-corrected chi connectivity index (χ0v) is 18.6. The number of hydrogen-bond donors (Lipinski definition) is 1. The molecule has 1 amide bonds. The maximum atomic E-state index is 11.4. The second kappa shape index (κ2) is 19.4. The fourth-order valence-corrected chi connectivity index (χ4v) is 2.29. The third-order valence-corrected chi connectivity index (χ3v) is 3.67. The second-order valence-electron chi connectivity index (χ2n) is 7.65. The van der Waals surface area contributed by atoms with E-state index in [9.17, 15) is 4.79 Å². The van der Waals surface area contributed by atoms with Crippen molar-refractivity contribution in [3.8, 4) is 0 Å². The molecule has 0 rings (SSSR count). The molecule has 168 valence electrons. The van der Waals surface area contributed by atoms with E-state index in [-0.39, 0.29) is 0 Å². The first kappa shape index (κ1) is 27.1. The highest BCUT2D eigenvalue weighted by atomic mass is 16.6. The van der Waals surface area contributed by atoms with E-state index >= 15 is 0 Å². The van der Waals surface area contributed by atoms with E-state index in [0.29, 0.717) is 52.8 Å². The van der Waals surface area contributed by atoms with Gasteiger partial charge >= 0.3 is 6.09 Å². The molecule has 0 radical (unpaired) electrons. The van der Waals surface area contributed by atoms with Crippen LogP contribution in [0.2, 0.25) is 0 Å². The lowest BCUT2D eigenvalue weighted by atomic mass is 10.1. The van der Waals surface area contributed by atoms with Gasteiger partial charge in [-0.1, -0.05) is 39.0 Å². The molecule has 0 fully saturated rings. The van der Waals surface area contributed by atoms with E-state index in [4.69, 9.17) is 23.7 Å². The standard InChI is InChI=1S/C21H43NO6/c1-5-6-7-8-9-10-12-24-14-16-26-18-19-27-17-15-25-13-11-22-20(23)28-21(2,3)4/h5-19H2,1-4H3,(H,22,23). The van der Waals surface area contributed by atoms with Crippen molar-refractivity contribution in [1.82, 2.24) is 5.32 Å². The number of ether oxygens (including phenoxy) is 5. The molecule has 0 aromatic rings. The Bertz CT molecular complexity index is 346. The normalized spacial score (nSPS) is 11.6. The molecule has 0 saturated heterocycles. The molecular formula is C21H43NO6. The van der Waals surface area contributed by atoms with E-state index in [1.807, 2.05) is 20.8 Å². The Balaban J connectivity index is 3.11. The monoisotopic (exact) mass is 405 g/mol. The Hall–Kier alpha value is -0.890. The topological polar surface area (TPSA) is 75.3 Å². The van der Waals surface area contributed by atoms with Crippen LogP contribution >= 0.6 is 0 Å². The van der Waals surface area contributed by atoms with E-state index < -0.39 is 11.7 Å². The summed E-state index contributed by atoms with van der Waals surface area (Å²) in [5, 5.41) is 2.63. The van der Waals surface area contributed by atoms with Gasteiger partial charge in [0.05, 0.1) is 46.2 Å². The maximum Gasteiger partial charge on any atom is 0.407 e. The average molecular weight is 406 g/mol. The molecule has 0 heterocycles. The van der Waals surface area contributed by atoms with Crippen molar-refractivity contribution in [1.29, 1.82) is 0 Å². The van der Waals surface area contributed by atoms with Crippen LogP contribution in [0.4, 0.5) is 4.79 Å². The summed E-state index contributed by atoms with van der Waals surface area (Å²) in [7, 11) is 0. The van der Waals surface area contributed by atoms with Crippen molar-refractivity contribution < 1.29 is 28.5 Å². The number of amides is 1. The van der Waals surface area contributed by atoms with Gasteiger partial charge in [0.15, 0.2) is 0 Å². The molecule has 0 atom stereocenters. The van der Waals surface area contributed by atoms with Crippen LogP contribution in [0.1, 0.15) is 66.2 Å². The second-order valence-corrected chi connectivity index (χ2v) is 7.65. The van der Waals surface area contributed by atoms with Crippen LogP contribution in [0.5, 0.6) is 0 Å². The molecule has 0 aromatic carbocycles. The smallest absolute Gasteiger partial charge is 0.407 e. The summed E-state index contributed by atoms with van der Waals surface area (Å²) in [5.41, 5.74) is -0.485. The van der Waals surface area contributed by atoms with Gasteiger partial charge in [-0.15, -0.1) is 0 Å². The van der Waals surface area contributed by atoms with Crippen LogP contribution in [-0.4, -0.2) is 71.1 Å². The number of nitrogens with one attached hydrogen (secondary N) is 1. The zero-order chi connectivity index (χ0) is 20.9. The third-order valence-electron chi connectivity index (χ3n) is 3.67. The quantitative estimate of drug-likeness (QED) is 0.328. The first-order valence-electron chi connectivity index (χ1n) is 10.7. The van der Waals surface area contributed by atoms with Crippen molar-refractivity contribution in [3.63, 3.8) is 0 Å². The van der Waals surface area contributed by atoms with Crippen LogP contribution in [0.15, 0.2) is 0 Å². The van der Waals surface area contributed by atoms with Crippen LogP contribution in [0, 0.1) is 0 Å². The summed E-state index contributed by atoms with van der Waals surface area (Å²) in [6.07, 6.45) is 7.25. The molecule has 7 heteroatoms. The number of hydrogen-bond acceptors (Lipinski definition) is 6. The minimum Gasteiger partial charge on any atom is -0.444 e. The fourth-order valence-electron chi connectivity index (χ4n) is 2.29. The van der Waals surface area contributed by atoms with Crippen molar-refractivity contribution in [2.24, 2.45) is 0 Å². The molecule has 0 spiro atoms. The zero-order valence-electron chi connectivity index (χ0n) is 18.6. The predicted molar refractivity (Wildman–Crippen MR) is 111 cm³/mol. The molecular weight excluding hydrogens is 362 g/mol. The van der Waals surface area contributed by atoms with Crippen LogP contribution in [0.3, 0.4) is 0 Å². The highest BCUT2D eigenvalue weighted by molar-refractivity contribution is 5.67. The average Bonchev–Trinajstić information content (AvgIpc) is 2.62. The fraction of sp³-hybridized carbons (Fsp3) is 0.952. The summed E-state index contributed by atoms with van der Waals surface area (Å²) in [5.74, 6) is 0. The molecule has 28 heavy (non-hydrogen) atoms. The van der Waals surface area contributed by atoms with Gasteiger partial charge in [0.1, 0.15) is 5.60 Å². The van der Waals surface area contributed by atoms with Crippen molar-refractivity contribution in [2.45, 2.75) is 71.8 Å². The van der Waals surface area contributed by atoms with Gasteiger partial charge in [-0.3, -0.25) is 0 Å². The Kier molecular flexibility index (Phi) is 18.8. The lowest BCUT2D eigenvalue weighted by molar-refractivity contribution is -0.00214. The third kappa shape index (κ3) is 23.1. The Labute approximate surface area is 171 Å². The first-order chi connectivity index (χ1) is 13.5. The summed E-state index contributed by atoms with van der Waals surface area (Å²) in [4.78, 5) is 11.4. The van der Waals surface area contributed by atoms with Gasteiger partial charge < -0.3 is 29.0 Å². The summed E-state index contributed by atoms with van der Waals surface area (Å²) < 4.78 is 26.9. The number of rotatable bonds is 19. The minimum absolute atomic E-state index is 0.413. The van der Waals surface area contributed by atoms with Gasteiger partial charge in [0.2, 0.25) is 0 Å². The summed E-state index contributed by atoms with van der Waals surface area (Å²) in [6.45, 7) is 12.7. The number of carbonyl (C=O) groups is 1. The van der Waals surface area contributed by atoms with Crippen LogP contribution in [0.25, 0.3) is 0 Å². The molecule has 0 aliphatic heterocycles. The van der Waals surface area contributed by atoms with Gasteiger partial charge in [0.25, 0.3) is 0 Å². The summed E-state index contributed by atoms with van der Waals surface area (Å²) in [6, 6.07) is 0. The first-order valence-corrected chi connectivity index (χ1v) is 10.7. The highest BCUT2D eigenvalue weighted by Crippen LogP contribution is 2.06. The van der Waals surface area contributed by atoms with Crippen molar-refractivity contribution in [2.75, 3.05) is 59.4 Å². The van der Waals surface area contributed by atoms with E-state index in [2.05, 4.69) is 12.2 Å². The molecule has 0 unspecified atom stereocenters. The highest BCUT2D eigenvalue weighted by Gasteiger charge is 2.15. The molecule has 0 aliphatic rings. The van der Waals surface area contributed by atoms with Gasteiger partial charge in [-0.05, 0) is 27.2 Å². The lowest BCUT2D eigenvalue weighted by Crippen LogP contribution is -2.34. The van der Waals surface area contributed by atoms with Gasteiger partial charge in [0, 0.05) is 13.2 Å². The Morgan fingerprint density at radius 2 is 1.14 bits per heavy atom.